The molecule has 3 heteroatoms. The Morgan fingerprint density at radius 2 is 2.18 bits per heavy atom. The van der Waals surface area contributed by atoms with E-state index >= 15 is 0 Å². The minimum Gasteiger partial charge on any atom is -0.427 e. The van der Waals surface area contributed by atoms with Crippen LogP contribution in [0.25, 0.3) is 0 Å². The van der Waals surface area contributed by atoms with Gasteiger partial charge in [0.25, 0.3) is 0 Å². The number of aromatic nitrogens is 1. The molecule has 0 amide bonds. The van der Waals surface area contributed by atoms with Crippen LogP contribution in [-0.4, -0.2) is 16.0 Å². The molecule has 0 unspecified atom stereocenters. The van der Waals surface area contributed by atoms with Crippen molar-refractivity contribution in [3.05, 3.63) is 29.9 Å². The summed E-state index contributed by atoms with van der Waals surface area (Å²) in [7, 11) is 0. The van der Waals surface area contributed by atoms with Gasteiger partial charge >= 0.3 is 0 Å². The first-order valence-corrected chi connectivity index (χ1v) is 3.61. The van der Waals surface area contributed by atoms with E-state index in [1.807, 2.05) is 19.9 Å². The molecule has 1 aromatic rings. The lowest BCUT2D eigenvalue weighted by molar-refractivity contribution is 0.171. The van der Waals surface area contributed by atoms with Crippen molar-refractivity contribution in [3.8, 4) is 0 Å². The van der Waals surface area contributed by atoms with Gasteiger partial charge in [-0.1, -0.05) is 6.07 Å². The van der Waals surface area contributed by atoms with Crippen LogP contribution in [0, 0.1) is 0 Å². The lowest BCUT2D eigenvalue weighted by Crippen LogP contribution is -2.18. The molecule has 0 aliphatic heterocycles. The number of rotatable bonds is 1. The van der Waals surface area contributed by atoms with Crippen molar-refractivity contribution in [1.82, 2.24) is 4.73 Å². The predicted molar refractivity (Wildman–Crippen MR) is 42.3 cm³/mol. The van der Waals surface area contributed by atoms with E-state index in [1.54, 1.807) is 18.3 Å². The summed E-state index contributed by atoms with van der Waals surface area (Å²) in [6.07, 6.45) is 1.56. The van der Waals surface area contributed by atoms with Crippen LogP contribution in [0.15, 0.2) is 29.4 Å². The second-order valence-corrected chi connectivity index (χ2v) is 2.63. The van der Waals surface area contributed by atoms with Gasteiger partial charge in [0.1, 0.15) is 0 Å². The number of pyridine rings is 1. The molecule has 1 aromatic heterocycles. The van der Waals surface area contributed by atoms with Gasteiger partial charge in [-0.2, -0.15) is 4.73 Å². The van der Waals surface area contributed by atoms with E-state index in [-0.39, 0.29) is 6.04 Å². The van der Waals surface area contributed by atoms with Crippen LogP contribution in [0.2, 0.25) is 0 Å². The Kier molecular flexibility index (Phi) is 2.31. The summed E-state index contributed by atoms with van der Waals surface area (Å²) >= 11 is 0. The number of hydrogen-bond donors (Lipinski definition) is 1. The summed E-state index contributed by atoms with van der Waals surface area (Å²) in [6.45, 7) is 3.93. The molecule has 3 nitrogen and oxygen atoms in total. The van der Waals surface area contributed by atoms with E-state index < -0.39 is 0 Å². The molecule has 0 bridgehead atoms. The summed E-state index contributed by atoms with van der Waals surface area (Å²) in [5.74, 6) is 0. The third-order valence-corrected chi connectivity index (χ3v) is 1.21. The minimum absolute atomic E-state index is 0.204. The van der Waals surface area contributed by atoms with Crippen molar-refractivity contribution in [2.75, 3.05) is 0 Å². The van der Waals surface area contributed by atoms with Gasteiger partial charge in [0, 0.05) is 12.2 Å². The van der Waals surface area contributed by atoms with Crippen LogP contribution in [0.4, 0.5) is 0 Å². The zero-order valence-corrected chi connectivity index (χ0v) is 6.73. The zero-order valence-electron chi connectivity index (χ0n) is 6.73. The van der Waals surface area contributed by atoms with Gasteiger partial charge in [0.15, 0.2) is 5.49 Å². The van der Waals surface area contributed by atoms with Gasteiger partial charge in [0.05, 0.1) is 0 Å². The highest BCUT2D eigenvalue weighted by Gasteiger charge is 1.88. The predicted octanol–water partition coefficient (Wildman–Crippen LogP) is 1.03. The van der Waals surface area contributed by atoms with Crippen LogP contribution in [0.1, 0.15) is 13.8 Å². The average Bonchev–Trinajstić information content (AvgIpc) is 1.93. The standard InChI is InChI=1S/C8H12N2O/c1-7(2)9-8-5-3-4-6-10(8)11/h3-7,11H,1-2H3. The van der Waals surface area contributed by atoms with Gasteiger partial charge in [-0.05, 0) is 26.0 Å². The maximum absolute atomic E-state index is 9.18. The van der Waals surface area contributed by atoms with Crippen LogP contribution in [0.5, 0.6) is 0 Å². The van der Waals surface area contributed by atoms with Gasteiger partial charge in [-0.3, -0.25) is 4.99 Å². The summed E-state index contributed by atoms with van der Waals surface area (Å²) in [5.41, 5.74) is 0.586. The quantitative estimate of drug-likeness (QED) is 0.600. The first kappa shape index (κ1) is 7.85. The fourth-order valence-electron chi connectivity index (χ4n) is 0.792. The van der Waals surface area contributed by atoms with E-state index in [9.17, 15) is 5.21 Å². The molecule has 0 aliphatic carbocycles. The third-order valence-electron chi connectivity index (χ3n) is 1.21. The van der Waals surface area contributed by atoms with E-state index in [2.05, 4.69) is 4.99 Å². The van der Waals surface area contributed by atoms with Crippen molar-refractivity contribution in [3.63, 3.8) is 0 Å². The van der Waals surface area contributed by atoms with E-state index in [1.165, 1.54) is 0 Å². The topological polar surface area (TPSA) is 37.5 Å². The third kappa shape index (κ3) is 2.11. The highest BCUT2D eigenvalue weighted by atomic mass is 16.5. The van der Waals surface area contributed by atoms with Crippen LogP contribution >= 0.6 is 0 Å². The maximum Gasteiger partial charge on any atom is 0.163 e. The molecule has 0 aromatic carbocycles. The lowest BCUT2D eigenvalue weighted by Gasteiger charge is -1.98. The second-order valence-electron chi connectivity index (χ2n) is 2.63. The Balaban J connectivity index is 3.13. The van der Waals surface area contributed by atoms with Crippen LogP contribution in [-0.2, 0) is 0 Å². The molecule has 0 aliphatic rings. The zero-order chi connectivity index (χ0) is 8.27. The van der Waals surface area contributed by atoms with Crippen molar-refractivity contribution in [2.24, 2.45) is 4.99 Å². The molecule has 0 radical (unpaired) electrons. The summed E-state index contributed by atoms with van der Waals surface area (Å²) in [5, 5.41) is 9.18. The van der Waals surface area contributed by atoms with Gasteiger partial charge in [-0.15, -0.1) is 0 Å². The molecule has 0 fully saturated rings. The average molecular weight is 152 g/mol. The number of hydrogen-bond acceptors (Lipinski definition) is 2. The molecule has 1 N–H and O–H groups in total. The normalized spacial score (nSPS) is 12.5. The van der Waals surface area contributed by atoms with Crippen LogP contribution in [0.3, 0.4) is 0 Å². The summed E-state index contributed by atoms with van der Waals surface area (Å²) < 4.78 is 1.01. The fourth-order valence-corrected chi connectivity index (χ4v) is 0.792. The molecule has 0 spiro atoms. The molecular formula is C8H12N2O. The van der Waals surface area contributed by atoms with E-state index in [0.717, 1.165) is 4.73 Å². The molecule has 0 atom stereocenters. The molecule has 1 rings (SSSR count). The first-order valence-electron chi connectivity index (χ1n) is 3.61. The van der Waals surface area contributed by atoms with Gasteiger partial charge in [-0.25, -0.2) is 0 Å². The molecule has 60 valence electrons. The molecular weight excluding hydrogens is 140 g/mol. The molecule has 0 saturated heterocycles. The molecule has 0 saturated carbocycles. The van der Waals surface area contributed by atoms with E-state index in [0.29, 0.717) is 5.49 Å². The summed E-state index contributed by atoms with van der Waals surface area (Å²) in [4.78, 5) is 4.17. The summed E-state index contributed by atoms with van der Waals surface area (Å²) in [6, 6.07) is 5.56. The van der Waals surface area contributed by atoms with Gasteiger partial charge < -0.3 is 5.21 Å². The smallest absolute Gasteiger partial charge is 0.163 e. The monoisotopic (exact) mass is 152 g/mol. The van der Waals surface area contributed by atoms with Crippen molar-refractivity contribution in [1.29, 1.82) is 0 Å². The lowest BCUT2D eigenvalue weighted by atomic mass is 10.4. The SMILES string of the molecule is CC(C)N=c1ccccn1O. The first-order chi connectivity index (χ1) is 5.20. The maximum atomic E-state index is 9.18. The van der Waals surface area contributed by atoms with Crippen LogP contribution < -0.4 is 5.49 Å². The Bertz CT molecular complexity index is 288. The van der Waals surface area contributed by atoms with E-state index in [4.69, 9.17) is 0 Å². The Morgan fingerprint density at radius 1 is 1.45 bits per heavy atom. The van der Waals surface area contributed by atoms with Crippen molar-refractivity contribution in [2.45, 2.75) is 19.9 Å². The Hall–Kier alpha value is -1.25. The Morgan fingerprint density at radius 3 is 2.73 bits per heavy atom. The largest absolute Gasteiger partial charge is 0.427 e. The fraction of sp³-hybridized carbons (Fsp3) is 0.375. The minimum atomic E-state index is 0.204. The van der Waals surface area contributed by atoms with Crippen molar-refractivity contribution < 1.29 is 5.21 Å². The Labute approximate surface area is 65.6 Å². The van der Waals surface area contributed by atoms with Crippen molar-refractivity contribution >= 4 is 0 Å². The highest BCUT2D eigenvalue weighted by molar-refractivity contribution is 4.90. The number of nitrogens with zero attached hydrogens (tertiary/aromatic N) is 2. The molecule has 11 heavy (non-hydrogen) atoms. The molecule has 1 heterocycles. The second kappa shape index (κ2) is 3.23. The van der Waals surface area contributed by atoms with Gasteiger partial charge in [0.2, 0.25) is 0 Å². The highest BCUT2D eigenvalue weighted by Crippen LogP contribution is 1.83.